The second kappa shape index (κ2) is 5.51. The SMILES string of the molecule is Cc1cc(C[C@@H]2CN(c3nc(CO)cs3)C[C@@H]2O)n[nH]1. The third kappa shape index (κ3) is 2.70. The highest BCUT2D eigenvalue weighted by Crippen LogP contribution is 2.28. The first-order chi connectivity index (χ1) is 9.65. The lowest BCUT2D eigenvalue weighted by Crippen LogP contribution is -2.20. The molecule has 2 atom stereocenters. The third-order valence-corrected chi connectivity index (χ3v) is 4.56. The molecule has 3 heterocycles. The normalized spacial score (nSPS) is 22.6. The van der Waals surface area contributed by atoms with E-state index >= 15 is 0 Å². The van der Waals surface area contributed by atoms with Gasteiger partial charge in [0.1, 0.15) is 0 Å². The molecule has 0 aliphatic carbocycles. The van der Waals surface area contributed by atoms with E-state index in [0.717, 1.165) is 29.5 Å². The van der Waals surface area contributed by atoms with Crippen LogP contribution in [0.15, 0.2) is 11.4 Å². The molecule has 3 rings (SSSR count). The van der Waals surface area contributed by atoms with Crippen LogP contribution in [0.3, 0.4) is 0 Å². The van der Waals surface area contributed by atoms with Gasteiger partial charge in [0, 0.05) is 30.1 Å². The van der Waals surface area contributed by atoms with Crippen LogP contribution in [0.1, 0.15) is 17.1 Å². The van der Waals surface area contributed by atoms with E-state index in [1.807, 2.05) is 18.4 Å². The van der Waals surface area contributed by atoms with E-state index in [1.165, 1.54) is 11.3 Å². The Morgan fingerprint density at radius 1 is 1.45 bits per heavy atom. The molecule has 3 N–H and O–H groups in total. The summed E-state index contributed by atoms with van der Waals surface area (Å²) in [6.07, 6.45) is 0.397. The Hall–Kier alpha value is -1.44. The Labute approximate surface area is 121 Å². The fourth-order valence-corrected chi connectivity index (χ4v) is 3.41. The number of rotatable bonds is 4. The second-order valence-electron chi connectivity index (χ2n) is 5.26. The van der Waals surface area contributed by atoms with Crippen molar-refractivity contribution in [1.82, 2.24) is 15.2 Å². The molecule has 108 valence electrons. The molecule has 0 amide bonds. The maximum absolute atomic E-state index is 10.2. The van der Waals surface area contributed by atoms with Crippen LogP contribution >= 0.6 is 11.3 Å². The summed E-state index contributed by atoms with van der Waals surface area (Å²) in [4.78, 5) is 6.43. The van der Waals surface area contributed by atoms with Gasteiger partial charge in [-0.3, -0.25) is 5.10 Å². The molecule has 0 radical (unpaired) electrons. The number of aryl methyl sites for hydroxylation is 1. The molecule has 6 nitrogen and oxygen atoms in total. The highest BCUT2D eigenvalue weighted by atomic mass is 32.1. The van der Waals surface area contributed by atoms with Crippen molar-refractivity contribution in [1.29, 1.82) is 0 Å². The van der Waals surface area contributed by atoms with E-state index in [0.29, 0.717) is 12.2 Å². The van der Waals surface area contributed by atoms with Crippen LogP contribution in [0.2, 0.25) is 0 Å². The number of nitrogens with one attached hydrogen (secondary N) is 1. The number of H-pyrrole nitrogens is 1. The van der Waals surface area contributed by atoms with Crippen molar-refractivity contribution in [3.8, 4) is 0 Å². The summed E-state index contributed by atoms with van der Waals surface area (Å²) in [6.45, 7) is 3.29. The van der Waals surface area contributed by atoms with Crippen molar-refractivity contribution in [3.05, 3.63) is 28.5 Å². The number of hydrogen-bond acceptors (Lipinski definition) is 6. The van der Waals surface area contributed by atoms with Gasteiger partial charge in [0.25, 0.3) is 0 Å². The lowest BCUT2D eigenvalue weighted by Gasteiger charge is -2.13. The molecule has 2 aromatic heterocycles. The third-order valence-electron chi connectivity index (χ3n) is 3.61. The van der Waals surface area contributed by atoms with Gasteiger partial charge >= 0.3 is 0 Å². The Bertz CT molecular complexity index is 582. The molecule has 1 fully saturated rings. The minimum absolute atomic E-state index is 0.0388. The zero-order valence-electron chi connectivity index (χ0n) is 11.3. The van der Waals surface area contributed by atoms with Crippen molar-refractivity contribution in [2.24, 2.45) is 5.92 Å². The molecule has 7 heteroatoms. The minimum atomic E-state index is -0.367. The van der Waals surface area contributed by atoms with Crippen LogP contribution < -0.4 is 4.90 Å². The summed E-state index contributed by atoms with van der Waals surface area (Å²) < 4.78 is 0. The van der Waals surface area contributed by atoms with Gasteiger partial charge in [0.2, 0.25) is 0 Å². The van der Waals surface area contributed by atoms with E-state index < -0.39 is 0 Å². The Kier molecular flexibility index (Phi) is 3.73. The molecule has 0 unspecified atom stereocenters. The Morgan fingerprint density at radius 2 is 2.30 bits per heavy atom. The topological polar surface area (TPSA) is 85.3 Å². The summed E-state index contributed by atoms with van der Waals surface area (Å²) in [5, 5.41) is 29.1. The van der Waals surface area contributed by atoms with Gasteiger partial charge in [0.05, 0.1) is 24.1 Å². The van der Waals surface area contributed by atoms with Crippen LogP contribution in [-0.2, 0) is 13.0 Å². The molecule has 1 saturated heterocycles. The standard InChI is InChI=1S/C13H18N4O2S/c1-8-2-10(16-15-8)3-9-4-17(5-12(9)19)13-14-11(6-18)7-20-13/h2,7,9,12,18-19H,3-6H2,1H3,(H,15,16)/t9-,12+/m1/s1. The van der Waals surface area contributed by atoms with Crippen LogP contribution in [0.4, 0.5) is 5.13 Å². The zero-order chi connectivity index (χ0) is 14.1. The predicted octanol–water partition coefficient (Wildman–Crippen LogP) is 0.707. The molecule has 2 aromatic rings. The summed E-state index contributed by atoms with van der Waals surface area (Å²) >= 11 is 1.51. The van der Waals surface area contributed by atoms with Crippen molar-refractivity contribution in [2.75, 3.05) is 18.0 Å². The van der Waals surface area contributed by atoms with Gasteiger partial charge in [-0.25, -0.2) is 4.98 Å². The molecule has 0 bridgehead atoms. The van der Waals surface area contributed by atoms with Crippen LogP contribution in [0.5, 0.6) is 0 Å². The first-order valence-corrected chi connectivity index (χ1v) is 7.53. The number of aromatic amines is 1. The Morgan fingerprint density at radius 3 is 2.95 bits per heavy atom. The molecule has 1 aliphatic rings. The largest absolute Gasteiger partial charge is 0.391 e. The predicted molar refractivity (Wildman–Crippen MR) is 76.8 cm³/mol. The minimum Gasteiger partial charge on any atom is -0.391 e. The number of aliphatic hydroxyl groups excluding tert-OH is 2. The molecule has 0 spiro atoms. The fraction of sp³-hybridized carbons (Fsp3) is 0.538. The summed E-state index contributed by atoms with van der Waals surface area (Å²) in [7, 11) is 0. The van der Waals surface area contributed by atoms with Gasteiger partial charge in [-0.05, 0) is 19.4 Å². The average Bonchev–Trinajstić information content (AvgIpc) is 3.11. The van der Waals surface area contributed by atoms with E-state index in [4.69, 9.17) is 5.11 Å². The van der Waals surface area contributed by atoms with E-state index in [9.17, 15) is 5.11 Å². The van der Waals surface area contributed by atoms with Gasteiger partial charge in [-0.15, -0.1) is 11.3 Å². The number of aromatic nitrogens is 3. The quantitative estimate of drug-likeness (QED) is 0.773. The van der Waals surface area contributed by atoms with Gasteiger partial charge in [-0.2, -0.15) is 5.10 Å². The fourth-order valence-electron chi connectivity index (χ4n) is 2.57. The summed E-state index contributed by atoms with van der Waals surface area (Å²) in [5.74, 6) is 0.166. The highest BCUT2D eigenvalue weighted by Gasteiger charge is 2.33. The summed E-state index contributed by atoms with van der Waals surface area (Å²) in [5.41, 5.74) is 2.71. The lowest BCUT2D eigenvalue weighted by molar-refractivity contribution is 0.148. The van der Waals surface area contributed by atoms with Crippen LogP contribution in [0, 0.1) is 12.8 Å². The smallest absolute Gasteiger partial charge is 0.185 e. The first-order valence-electron chi connectivity index (χ1n) is 6.65. The number of thiazole rings is 1. The van der Waals surface area contributed by atoms with E-state index in [2.05, 4.69) is 20.1 Å². The van der Waals surface area contributed by atoms with Crippen molar-refractivity contribution < 1.29 is 10.2 Å². The lowest BCUT2D eigenvalue weighted by atomic mass is 10.0. The van der Waals surface area contributed by atoms with E-state index in [-0.39, 0.29) is 18.6 Å². The van der Waals surface area contributed by atoms with Crippen molar-refractivity contribution >= 4 is 16.5 Å². The molecule has 20 heavy (non-hydrogen) atoms. The average molecular weight is 294 g/mol. The van der Waals surface area contributed by atoms with Gasteiger partial charge < -0.3 is 15.1 Å². The highest BCUT2D eigenvalue weighted by molar-refractivity contribution is 7.13. The Balaban J connectivity index is 1.67. The molecule has 0 saturated carbocycles. The van der Waals surface area contributed by atoms with Gasteiger partial charge in [0.15, 0.2) is 5.13 Å². The molecule has 1 aliphatic heterocycles. The zero-order valence-corrected chi connectivity index (χ0v) is 12.1. The number of hydrogen-bond donors (Lipinski definition) is 3. The van der Waals surface area contributed by atoms with Crippen LogP contribution in [0.25, 0.3) is 0 Å². The van der Waals surface area contributed by atoms with Gasteiger partial charge in [-0.1, -0.05) is 0 Å². The monoisotopic (exact) mass is 294 g/mol. The maximum atomic E-state index is 10.2. The first kappa shape index (κ1) is 13.5. The molecule has 0 aromatic carbocycles. The van der Waals surface area contributed by atoms with Crippen molar-refractivity contribution in [3.63, 3.8) is 0 Å². The van der Waals surface area contributed by atoms with E-state index in [1.54, 1.807) is 0 Å². The van der Waals surface area contributed by atoms with Crippen molar-refractivity contribution in [2.45, 2.75) is 26.1 Å². The number of nitrogens with zero attached hydrogens (tertiary/aromatic N) is 3. The van der Waals surface area contributed by atoms with Crippen LogP contribution in [-0.4, -0.2) is 44.6 Å². The number of anilines is 1. The summed E-state index contributed by atoms with van der Waals surface area (Å²) in [6, 6.07) is 2.02. The second-order valence-corrected chi connectivity index (χ2v) is 6.09. The number of β-amino-alcohol motifs (C(OH)–C–C–N with tert-alkyl or cyclic N) is 1. The maximum Gasteiger partial charge on any atom is 0.185 e. The molecular formula is C13H18N4O2S. The number of aliphatic hydroxyl groups is 2. The molecular weight excluding hydrogens is 276 g/mol.